The molecule has 194 valence electrons. The van der Waals surface area contributed by atoms with Gasteiger partial charge in [0, 0.05) is 19.2 Å². The summed E-state index contributed by atoms with van der Waals surface area (Å²) in [6.45, 7) is 6.24. The first-order valence-electron chi connectivity index (χ1n) is 11.8. The Bertz CT molecular complexity index is 1190. The second kappa shape index (κ2) is 11.9. The summed E-state index contributed by atoms with van der Waals surface area (Å²) in [6.07, 6.45) is 0.717. The Morgan fingerprint density at radius 2 is 1.81 bits per heavy atom. The van der Waals surface area contributed by atoms with Crippen LogP contribution >= 0.6 is 0 Å². The second-order valence-corrected chi connectivity index (χ2v) is 9.06. The van der Waals surface area contributed by atoms with Crippen LogP contribution in [-0.4, -0.2) is 71.7 Å². The number of nitrogens with one attached hydrogen (secondary N) is 1. The molecule has 1 heterocycles. The summed E-state index contributed by atoms with van der Waals surface area (Å²) in [5.41, 5.74) is 1.54. The van der Waals surface area contributed by atoms with E-state index in [1.807, 2.05) is 45.0 Å². The Morgan fingerprint density at radius 1 is 1.08 bits per heavy atom. The van der Waals surface area contributed by atoms with Crippen LogP contribution in [-0.2, 0) is 20.9 Å². The van der Waals surface area contributed by atoms with E-state index in [-0.39, 0.29) is 31.5 Å². The van der Waals surface area contributed by atoms with Crippen LogP contribution in [0.25, 0.3) is 11.0 Å². The number of carbonyl (C=O) groups excluding carboxylic acids is 2. The number of benzene rings is 2. The van der Waals surface area contributed by atoms with Crippen LogP contribution in [0.15, 0.2) is 42.5 Å². The standard InChI is InChI=1S/C26H35N5O5/c1-7-26(2,3)27-25(33)24(18-12-13-21(35-5)22(16-18)36-6)30(14-15-34-4)23(32)17-31-20-11-9-8-10-19(20)28-29-31/h8-13,16,24H,7,14-15,17H2,1-6H3,(H,27,33). The van der Waals surface area contributed by atoms with Crippen molar-refractivity contribution < 1.29 is 23.8 Å². The molecule has 1 unspecified atom stereocenters. The molecule has 1 aromatic heterocycles. The number of hydrogen-bond donors (Lipinski definition) is 1. The number of aromatic nitrogens is 3. The molecule has 10 nitrogen and oxygen atoms in total. The molecule has 0 spiro atoms. The van der Waals surface area contributed by atoms with E-state index >= 15 is 0 Å². The van der Waals surface area contributed by atoms with E-state index in [0.29, 0.717) is 29.0 Å². The van der Waals surface area contributed by atoms with Crippen molar-refractivity contribution in [2.45, 2.75) is 45.3 Å². The molecule has 1 atom stereocenters. The van der Waals surface area contributed by atoms with Crippen molar-refractivity contribution in [2.75, 3.05) is 34.5 Å². The predicted octanol–water partition coefficient (Wildman–Crippen LogP) is 2.97. The highest BCUT2D eigenvalue weighted by molar-refractivity contribution is 5.89. The molecule has 0 radical (unpaired) electrons. The summed E-state index contributed by atoms with van der Waals surface area (Å²) in [5.74, 6) is 0.385. The number of nitrogens with zero attached hydrogens (tertiary/aromatic N) is 4. The molecule has 0 fully saturated rings. The predicted molar refractivity (Wildman–Crippen MR) is 136 cm³/mol. The third-order valence-corrected chi connectivity index (χ3v) is 6.19. The van der Waals surface area contributed by atoms with Gasteiger partial charge in [-0.15, -0.1) is 5.10 Å². The van der Waals surface area contributed by atoms with Gasteiger partial charge in [-0.1, -0.05) is 30.3 Å². The summed E-state index contributed by atoms with van der Waals surface area (Å²) in [4.78, 5) is 29.0. The Kier molecular flexibility index (Phi) is 8.87. The summed E-state index contributed by atoms with van der Waals surface area (Å²) in [5, 5.41) is 11.4. The first kappa shape index (κ1) is 26.9. The van der Waals surface area contributed by atoms with Gasteiger partial charge in [0.25, 0.3) is 0 Å². The fourth-order valence-corrected chi connectivity index (χ4v) is 3.83. The monoisotopic (exact) mass is 497 g/mol. The first-order chi connectivity index (χ1) is 17.2. The SMILES string of the molecule is CCC(C)(C)NC(=O)C(c1ccc(OC)c(OC)c1)N(CCOC)C(=O)Cn1nnc2ccccc21. The largest absolute Gasteiger partial charge is 0.493 e. The lowest BCUT2D eigenvalue weighted by Gasteiger charge is -2.34. The lowest BCUT2D eigenvalue weighted by molar-refractivity contribution is -0.143. The summed E-state index contributed by atoms with van der Waals surface area (Å²) < 4.78 is 17.7. The van der Waals surface area contributed by atoms with Crippen LogP contribution < -0.4 is 14.8 Å². The van der Waals surface area contributed by atoms with Gasteiger partial charge in [-0.2, -0.15) is 0 Å². The Morgan fingerprint density at radius 3 is 2.47 bits per heavy atom. The average Bonchev–Trinajstić information content (AvgIpc) is 3.28. The number of hydrogen-bond acceptors (Lipinski definition) is 7. The van der Waals surface area contributed by atoms with Crippen LogP contribution in [0.5, 0.6) is 11.5 Å². The number of methoxy groups -OCH3 is 3. The molecular formula is C26H35N5O5. The topological polar surface area (TPSA) is 108 Å². The molecule has 0 aliphatic rings. The number of ether oxygens (including phenoxy) is 3. The van der Waals surface area contributed by atoms with Gasteiger partial charge in [0.2, 0.25) is 11.8 Å². The van der Waals surface area contributed by atoms with Gasteiger partial charge in [0.1, 0.15) is 18.1 Å². The van der Waals surface area contributed by atoms with E-state index < -0.39 is 11.6 Å². The molecule has 0 saturated heterocycles. The molecule has 1 N–H and O–H groups in total. The van der Waals surface area contributed by atoms with Crippen molar-refractivity contribution in [1.82, 2.24) is 25.2 Å². The molecule has 3 rings (SSSR count). The van der Waals surface area contributed by atoms with Crippen LogP contribution in [0.1, 0.15) is 38.8 Å². The van der Waals surface area contributed by atoms with Gasteiger partial charge in [0.15, 0.2) is 11.5 Å². The highest BCUT2D eigenvalue weighted by atomic mass is 16.5. The maximum atomic E-state index is 13.7. The summed E-state index contributed by atoms with van der Waals surface area (Å²) in [7, 11) is 4.63. The molecule has 0 bridgehead atoms. The Balaban J connectivity index is 2.05. The van der Waals surface area contributed by atoms with Gasteiger partial charge >= 0.3 is 0 Å². The normalized spacial score (nSPS) is 12.3. The van der Waals surface area contributed by atoms with Gasteiger partial charge < -0.3 is 24.4 Å². The molecule has 0 aliphatic carbocycles. The maximum Gasteiger partial charge on any atom is 0.247 e. The number of para-hydroxylation sites is 1. The van der Waals surface area contributed by atoms with Crippen molar-refractivity contribution >= 4 is 22.8 Å². The highest BCUT2D eigenvalue weighted by Gasteiger charge is 2.34. The number of carbonyl (C=O) groups is 2. The van der Waals surface area contributed by atoms with Crippen molar-refractivity contribution in [2.24, 2.45) is 0 Å². The molecule has 2 aromatic carbocycles. The minimum atomic E-state index is -0.937. The molecule has 0 saturated carbocycles. The molecule has 36 heavy (non-hydrogen) atoms. The molecule has 0 aliphatic heterocycles. The molecule has 3 aromatic rings. The Labute approximate surface area is 211 Å². The third-order valence-electron chi connectivity index (χ3n) is 6.19. The average molecular weight is 498 g/mol. The fourth-order valence-electron chi connectivity index (χ4n) is 3.83. The third kappa shape index (κ3) is 6.12. The second-order valence-electron chi connectivity index (χ2n) is 9.06. The van der Waals surface area contributed by atoms with Gasteiger partial charge in [-0.3, -0.25) is 9.59 Å². The van der Waals surface area contributed by atoms with E-state index in [2.05, 4.69) is 15.6 Å². The molecule has 2 amide bonds. The van der Waals surface area contributed by atoms with E-state index in [9.17, 15) is 9.59 Å². The van der Waals surface area contributed by atoms with Crippen molar-refractivity contribution in [3.63, 3.8) is 0 Å². The highest BCUT2D eigenvalue weighted by Crippen LogP contribution is 2.33. The minimum Gasteiger partial charge on any atom is -0.493 e. The van der Waals surface area contributed by atoms with Gasteiger partial charge in [-0.25, -0.2) is 4.68 Å². The quantitative estimate of drug-likeness (QED) is 0.410. The summed E-state index contributed by atoms with van der Waals surface area (Å²) >= 11 is 0. The summed E-state index contributed by atoms with van der Waals surface area (Å²) in [6, 6.07) is 11.7. The Hall–Kier alpha value is -3.66. The number of fused-ring (bicyclic) bond motifs is 1. The van der Waals surface area contributed by atoms with Crippen molar-refractivity contribution in [1.29, 1.82) is 0 Å². The lowest BCUT2D eigenvalue weighted by atomic mass is 9.98. The molecule has 10 heteroatoms. The van der Waals surface area contributed by atoms with Crippen molar-refractivity contribution in [3.8, 4) is 11.5 Å². The zero-order valence-electron chi connectivity index (χ0n) is 21.8. The number of rotatable bonds is 12. The van der Waals surface area contributed by atoms with Gasteiger partial charge in [0.05, 0.1) is 26.3 Å². The minimum absolute atomic E-state index is 0.0849. The zero-order chi connectivity index (χ0) is 26.3. The smallest absolute Gasteiger partial charge is 0.247 e. The van der Waals surface area contributed by atoms with E-state index in [1.54, 1.807) is 32.4 Å². The number of amides is 2. The maximum absolute atomic E-state index is 13.7. The van der Waals surface area contributed by atoms with E-state index in [0.717, 1.165) is 5.52 Å². The van der Waals surface area contributed by atoms with Crippen LogP contribution in [0.3, 0.4) is 0 Å². The zero-order valence-corrected chi connectivity index (χ0v) is 21.8. The van der Waals surface area contributed by atoms with E-state index in [4.69, 9.17) is 14.2 Å². The van der Waals surface area contributed by atoms with Crippen molar-refractivity contribution in [3.05, 3.63) is 48.0 Å². The van der Waals surface area contributed by atoms with E-state index in [1.165, 1.54) is 16.7 Å². The van der Waals surface area contributed by atoms with Crippen LogP contribution in [0, 0.1) is 0 Å². The van der Waals surface area contributed by atoms with Crippen LogP contribution in [0.2, 0.25) is 0 Å². The first-order valence-corrected chi connectivity index (χ1v) is 11.8. The van der Waals surface area contributed by atoms with Crippen LogP contribution in [0.4, 0.5) is 0 Å². The lowest BCUT2D eigenvalue weighted by Crippen LogP contribution is -2.51. The van der Waals surface area contributed by atoms with Gasteiger partial charge in [-0.05, 0) is 50.1 Å². The fraction of sp³-hybridized carbons (Fsp3) is 0.462. The molecular weight excluding hydrogens is 462 g/mol.